The molecule has 0 amide bonds. The number of rotatable bonds is 19. The molecule has 1 aliphatic heterocycles. The number of fused-ring (bicyclic) bond motifs is 2. The summed E-state index contributed by atoms with van der Waals surface area (Å²) in [4.78, 5) is 12.6. The average molecular weight is 2030 g/mol. The number of tetrazole rings is 3. The molecule has 24 heteroatoms. The molecular formula is C116H95Cu3N15O3P3+3. The van der Waals surface area contributed by atoms with E-state index in [1.54, 1.807) is 18.6 Å². The van der Waals surface area contributed by atoms with E-state index in [9.17, 15) is 0 Å². The summed E-state index contributed by atoms with van der Waals surface area (Å²) >= 11 is 0. The number of hydrogen-bond acceptors (Lipinski definition) is 15. The summed E-state index contributed by atoms with van der Waals surface area (Å²) in [6, 6.07) is 148. The van der Waals surface area contributed by atoms with Crippen molar-refractivity contribution < 1.29 is 65.4 Å². The molecule has 15 aromatic carbocycles. The molecule has 0 aliphatic carbocycles. The molecule has 6 aromatic heterocycles. The number of aromatic nitrogens is 15. The van der Waals surface area contributed by atoms with Crippen molar-refractivity contribution >= 4 is 71.5 Å². The van der Waals surface area contributed by atoms with Crippen molar-refractivity contribution in [3.8, 4) is 102 Å². The third kappa shape index (κ3) is 25.4. The maximum atomic E-state index is 6.66. The van der Waals surface area contributed by atoms with E-state index in [-0.39, 0.29) is 56.6 Å². The fourth-order valence-electron chi connectivity index (χ4n) is 16.0. The predicted molar refractivity (Wildman–Crippen MR) is 560 cm³/mol. The van der Waals surface area contributed by atoms with Gasteiger partial charge in [-0.15, -0.1) is 17.7 Å². The van der Waals surface area contributed by atoms with Gasteiger partial charge in [-0.25, -0.2) is 0 Å². The Labute approximate surface area is 851 Å². The second kappa shape index (κ2) is 49.7. The van der Waals surface area contributed by atoms with Crippen molar-refractivity contribution in [1.82, 2.24) is 76.8 Å². The summed E-state index contributed by atoms with van der Waals surface area (Å²) in [6.45, 7) is 21.3. The van der Waals surface area contributed by atoms with Gasteiger partial charge in [-0.1, -0.05) is 287 Å². The molecule has 0 N–H and O–H groups in total. The molecule has 22 rings (SSSR count). The second-order valence-electron chi connectivity index (χ2n) is 32.4. The van der Waals surface area contributed by atoms with E-state index in [1.165, 1.54) is 70.0 Å². The number of benzene rings is 15. The van der Waals surface area contributed by atoms with Crippen LogP contribution in [0.4, 0.5) is 0 Å². The van der Waals surface area contributed by atoms with Crippen LogP contribution in [0.3, 0.4) is 0 Å². The van der Waals surface area contributed by atoms with E-state index >= 15 is 0 Å². The Morgan fingerprint density at radius 2 is 0.564 bits per heavy atom. The van der Waals surface area contributed by atoms with E-state index in [2.05, 4.69) is 386 Å². The fraction of sp³-hybridized carbons (Fsp3) is 0.0431. The SMILES string of the molecule is [CH2-]c1cc(C)ccc1Oc1ccc(C)cc1[PH+](c1ccccc1)c1ccccc1.[CH2-]c1cccc2c1Oc1c([PH+](c3ccccc3)c3ccccc3)cccc1C2(C)C.[CH2-]c1ccccc1Oc1ccccc1[PH+](c1ccccc1)c1ccccc1.[Cu+2].[Cu+2].[Cu+2].c1ccc(-c2ccnc(-c3nnn[n-]3)c2)cc1.c1ccc(-c2ccnc(-c3nnn[n-]3)c2)cc1.c1ccc(-c2ccnc(-c3nnn[n-]3)c2)cc1. The molecule has 18 nitrogen and oxygen atoms in total. The first kappa shape index (κ1) is 101. The molecule has 0 spiro atoms. The zero-order valence-electron chi connectivity index (χ0n) is 76.7. The van der Waals surface area contributed by atoms with Crippen LogP contribution in [0.1, 0.15) is 52.8 Å². The summed E-state index contributed by atoms with van der Waals surface area (Å²) in [7, 11) is -3.63. The minimum absolute atomic E-state index is 0. The van der Waals surface area contributed by atoms with Gasteiger partial charge in [-0.2, -0.15) is 71.3 Å². The Morgan fingerprint density at radius 1 is 0.264 bits per heavy atom. The third-order valence-corrected chi connectivity index (χ3v) is 31.0. The molecular weight excluding hydrogens is 1930 g/mol. The number of ether oxygens (including phenoxy) is 3. The summed E-state index contributed by atoms with van der Waals surface area (Å²) in [6.07, 6.45) is 5.19. The Balaban J connectivity index is 0.000000135. The second-order valence-corrected chi connectivity index (χ2v) is 39.8. The van der Waals surface area contributed by atoms with Crippen LogP contribution in [-0.4, -0.2) is 61.5 Å². The summed E-state index contributed by atoms with van der Waals surface area (Å²) in [5.74, 6) is 6.67. The van der Waals surface area contributed by atoms with Gasteiger partial charge in [0.2, 0.25) is 0 Å². The number of nitrogens with zero attached hydrogens (tertiary/aromatic N) is 15. The van der Waals surface area contributed by atoms with Crippen molar-refractivity contribution in [3.05, 3.63) is 509 Å². The number of aryl methyl sites for hydroxylation is 2. The molecule has 3 radical (unpaired) electrons. The van der Waals surface area contributed by atoms with Crippen LogP contribution < -0.4 is 77.2 Å². The molecule has 0 bridgehead atoms. The monoisotopic (exact) mass is 2030 g/mol. The molecule has 0 unspecified atom stereocenters. The summed E-state index contributed by atoms with van der Waals surface area (Å²) < 4.78 is 19.4. The van der Waals surface area contributed by atoms with Crippen LogP contribution in [0.5, 0.6) is 34.5 Å². The van der Waals surface area contributed by atoms with Gasteiger partial charge in [-0.3, -0.25) is 45.9 Å². The van der Waals surface area contributed by atoms with Gasteiger partial charge in [0.25, 0.3) is 0 Å². The van der Waals surface area contributed by atoms with Gasteiger partial charge in [0.05, 0.1) is 34.6 Å². The van der Waals surface area contributed by atoms with Gasteiger partial charge in [0.1, 0.15) is 71.5 Å². The number of hydrogen-bond donors (Lipinski definition) is 0. The quantitative estimate of drug-likeness (QED) is 0.0417. The maximum absolute atomic E-state index is 6.66. The van der Waals surface area contributed by atoms with Crippen LogP contribution in [-0.2, 0) is 56.6 Å². The van der Waals surface area contributed by atoms with Gasteiger partial charge in [-0.05, 0) is 185 Å². The normalized spacial score (nSPS) is 11.1. The van der Waals surface area contributed by atoms with Crippen LogP contribution >= 0.6 is 23.8 Å². The zero-order valence-corrected chi connectivity index (χ0v) is 82.5. The van der Waals surface area contributed by atoms with Crippen molar-refractivity contribution in [1.29, 1.82) is 0 Å². The fourth-order valence-corrected chi connectivity index (χ4v) is 24.1. The molecule has 1 aliphatic rings. The van der Waals surface area contributed by atoms with Crippen molar-refractivity contribution in [2.24, 2.45) is 0 Å². The number of para-hydroxylation sites is 4. The van der Waals surface area contributed by atoms with E-state index < -0.39 is 23.8 Å². The first-order valence-electron chi connectivity index (χ1n) is 44.5. The largest absolute Gasteiger partial charge is 2.00 e. The molecule has 0 fully saturated rings. The molecule has 0 saturated heterocycles. The third-order valence-electron chi connectivity index (χ3n) is 22.7. The van der Waals surface area contributed by atoms with Gasteiger partial charge < -0.3 is 29.5 Å². The predicted octanol–water partition coefficient (Wildman–Crippen LogP) is 21.4. The van der Waals surface area contributed by atoms with Gasteiger partial charge in [0, 0.05) is 46.8 Å². The topological polar surface area (TPSA) is 225 Å². The van der Waals surface area contributed by atoms with Gasteiger partial charge >= 0.3 is 51.2 Å². The van der Waals surface area contributed by atoms with E-state index in [1.807, 2.05) is 170 Å². The zero-order chi connectivity index (χ0) is 93.9. The smallest absolute Gasteiger partial charge is 0.513 e. The minimum atomic E-state index is -1.23. The van der Waals surface area contributed by atoms with Crippen molar-refractivity contribution in [3.63, 3.8) is 0 Å². The Hall–Kier alpha value is -15.2. The van der Waals surface area contributed by atoms with Crippen molar-refractivity contribution in [2.45, 2.75) is 33.1 Å². The van der Waals surface area contributed by atoms with E-state index in [4.69, 9.17) is 14.2 Å². The molecule has 0 saturated carbocycles. The molecule has 21 aromatic rings. The number of pyridine rings is 3. The van der Waals surface area contributed by atoms with Crippen LogP contribution in [0.2, 0.25) is 0 Å². The molecule has 0 atom stereocenters. The van der Waals surface area contributed by atoms with Crippen LogP contribution in [0, 0.1) is 34.6 Å². The molecule has 697 valence electrons. The van der Waals surface area contributed by atoms with Crippen LogP contribution in [0.25, 0.3) is 67.9 Å². The maximum Gasteiger partial charge on any atom is 2.00 e. The Morgan fingerprint density at radius 3 is 0.943 bits per heavy atom. The standard InChI is InChI=1S/C28H24OP.C27H24OP.C25H20OP.3C12H8N5.3Cu/c1-20-12-10-17-23-26(20)29-27-24(28(23,2)3)18-11-19-25(27)30(21-13-6-4-7-14-21)22-15-8-5-9-16-22;1-20-14-16-25(22(3)18-20)28-26-17-15-21(2)19-27(26)29(23-10-6-4-7-11-23)24-12-8-5-9-13-24;1-20-12-8-9-17-23(20)26-24-18-10-11-19-25(24)27(21-13-4-2-5-14-21)22-15-6-3-7-16-22;3*1-2-4-9(5-3-1)10-6-7-13-11(8-10)12-14-16-17-15-12;;;/h4-19H,1H2,2-3H3;4-19H,3H2,1-2H3;2-19H,1H2;3*1-8H;;;/q6*-1;3*+2/p+3. The summed E-state index contributed by atoms with van der Waals surface area (Å²) in [5.41, 5.74) is 16.1. The molecule has 7 heterocycles. The Kier molecular flexibility index (Phi) is 35.8. The first-order valence-corrected chi connectivity index (χ1v) is 49.0. The Bertz CT molecular complexity index is 7040. The first-order chi connectivity index (χ1) is 67.3. The molecule has 140 heavy (non-hydrogen) atoms. The van der Waals surface area contributed by atoms with E-state index in [0.717, 1.165) is 84.6 Å². The summed E-state index contributed by atoms with van der Waals surface area (Å²) in [5, 5.41) is 55.3. The van der Waals surface area contributed by atoms with E-state index in [0.29, 0.717) is 34.6 Å². The average Bonchev–Trinajstić information content (AvgIpc) is 0.842. The minimum Gasteiger partial charge on any atom is -0.513 e. The van der Waals surface area contributed by atoms with Crippen molar-refractivity contribution in [2.75, 3.05) is 0 Å². The van der Waals surface area contributed by atoms with Gasteiger partial charge in [0.15, 0.2) is 17.2 Å². The van der Waals surface area contributed by atoms with Crippen LogP contribution in [0.15, 0.2) is 449 Å².